The van der Waals surface area contributed by atoms with Crippen molar-refractivity contribution in [2.75, 3.05) is 0 Å². The standard InChI is InChI=1S/C11H16N2/c1-7-5-8(2)11(6-13-12)10(4)9(7)3/h5-6H,12H2,1-4H3. The molecular formula is C11H16N2. The molecule has 2 nitrogen and oxygen atoms in total. The molecule has 1 rings (SSSR count). The third-order valence-electron chi connectivity index (χ3n) is 2.62. The largest absolute Gasteiger partial charge is 0.323 e. The molecule has 2 heteroatoms. The summed E-state index contributed by atoms with van der Waals surface area (Å²) < 4.78 is 0. The van der Waals surface area contributed by atoms with Crippen LogP contribution in [0.2, 0.25) is 0 Å². The average molecular weight is 176 g/mol. The molecule has 0 aliphatic rings. The molecule has 0 radical (unpaired) electrons. The lowest BCUT2D eigenvalue weighted by molar-refractivity contribution is 1.21. The van der Waals surface area contributed by atoms with E-state index in [4.69, 9.17) is 5.84 Å². The second kappa shape index (κ2) is 3.60. The van der Waals surface area contributed by atoms with Crippen molar-refractivity contribution in [2.24, 2.45) is 10.9 Å². The van der Waals surface area contributed by atoms with Crippen LogP contribution < -0.4 is 5.84 Å². The molecule has 1 aromatic carbocycles. The first kappa shape index (κ1) is 9.78. The quantitative estimate of drug-likeness (QED) is 0.397. The Morgan fingerprint density at radius 2 is 1.69 bits per heavy atom. The van der Waals surface area contributed by atoms with Crippen molar-refractivity contribution in [1.82, 2.24) is 0 Å². The first-order valence-electron chi connectivity index (χ1n) is 4.38. The molecule has 0 unspecified atom stereocenters. The van der Waals surface area contributed by atoms with Gasteiger partial charge in [-0.3, -0.25) is 0 Å². The second-order valence-corrected chi connectivity index (χ2v) is 3.45. The minimum Gasteiger partial charge on any atom is -0.323 e. The number of aryl methyl sites for hydroxylation is 2. The van der Waals surface area contributed by atoms with E-state index in [-0.39, 0.29) is 0 Å². The van der Waals surface area contributed by atoms with E-state index in [2.05, 4.69) is 38.9 Å². The first-order valence-corrected chi connectivity index (χ1v) is 4.38. The lowest BCUT2D eigenvalue weighted by Crippen LogP contribution is -1.99. The van der Waals surface area contributed by atoms with Crippen LogP contribution in [0, 0.1) is 27.7 Å². The monoisotopic (exact) mass is 176 g/mol. The van der Waals surface area contributed by atoms with Crippen molar-refractivity contribution in [1.29, 1.82) is 0 Å². The van der Waals surface area contributed by atoms with E-state index in [1.807, 2.05) is 0 Å². The van der Waals surface area contributed by atoms with Gasteiger partial charge in [0.15, 0.2) is 0 Å². The van der Waals surface area contributed by atoms with Gasteiger partial charge in [0.05, 0.1) is 6.21 Å². The highest BCUT2D eigenvalue weighted by Gasteiger charge is 2.05. The molecule has 70 valence electrons. The number of nitrogens with zero attached hydrogens (tertiary/aromatic N) is 1. The van der Waals surface area contributed by atoms with Gasteiger partial charge in [-0.05, 0) is 49.9 Å². The minimum atomic E-state index is 1.14. The van der Waals surface area contributed by atoms with Crippen LogP contribution in [0.15, 0.2) is 11.2 Å². The summed E-state index contributed by atoms with van der Waals surface area (Å²) >= 11 is 0. The topological polar surface area (TPSA) is 38.4 Å². The molecule has 0 aromatic heterocycles. The Labute approximate surface area is 79.5 Å². The van der Waals surface area contributed by atoms with Crippen molar-refractivity contribution in [3.63, 3.8) is 0 Å². The SMILES string of the molecule is Cc1cc(C)c(C=NN)c(C)c1C. The van der Waals surface area contributed by atoms with Gasteiger partial charge >= 0.3 is 0 Å². The summed E-state index contributed by atoms with van der Waals surface area (Å²) in [6.07, 6.45) is 1.72. The Bertz CT molecular complexity index is 352. The summed E-state index contributed by atoms with van der Waals surface area (Å²) in [5.74, 6) is 5.16. The number of benzene rings is 1. The van der Waals surface area contributed by atoms with Crippen LogP contribution in [0.5, 0.6) is 0 Å². The van der Waals surface area contributed by atoms with E-state index in [0.29, 0.717) is 0 Å². The van der Waals surface area contributed by atoms with Gasteiger partial charge < -0.3 is 5.84 Å². The zero-order valence-corrected chi connectivity index (χ0v) is 8.68. The van der Waals surface area contributed by atoms with E-state index >= 15 is 0 Å². The zero-order valence-electron chi connectivity index (χ0n) is 8.68. The Hall–Kier alpha value is -1.31. The van der Waals surface area contributed by atoms with Crippen LogP contribution in [0.3, 0.4) is 0 Å². The summed E-state index contributed by atoms with van der Waals surface area (Å²) in [6, 6.07) is 2.17. The molecule has 0 bridgehead atoms. The fraction of sp³-hybridized carbons (Fsp3) is 0.364. The molecule has 2 N–H and O–H groups in total. The van der Waals surface area contributed by atoms with Gasteiger partial charge in [0, 0.05) is 5.56 Å². The normalized spacial score (nSPS) is 11.1. The van der Waals surface area contributed by atoms with E-state index in [9.17, 15) is 0 Å². The van der Waals surface area contributed by atoms with Crippen molar-refractivity contribution in [3.05, 3.63) is 33.9 Å². The van der Waals surface area contributed by atoms with E-state index in [0.717, 1.165) is 5.56 Å². The Morgan fingerprint density at radius 1 is 1.08 bits per heavy atom. The molecule has 0 heterocycles. The summed E-state index contributed by atoms with van der Waals surface area (Å²) in [5.41, 5.74) is 6.29. The Kier molecular flexibility index (Phi) is 2.71. The van der Waals surface area contributed by atoms with Crippen molar-refractivity contribution in [3.8, 4) is 0 Å². The van der Waals surface area contributed by atoms with E-state index in [1.54, 1.807) is 6.21 Å². The molecule has 1 aromatic rings. The summed E-state index contributed by atoms with van der Waals surface area (Å²) in [4.78, 5) is 0. The van der Waals surface area contributed by atoms with Gasteiger partial charge in [-0.2, -0.15) is 5.10 Å². The van der Waals surface area contributed by atoms with Gasteiger partial charge in [-0.1, -0.05) is 6.07 Å². The molecule has 0 aliphatic carbocycles. The second-order valence-electron chi connectivity index (χ2n) is 3.45. The summed E-state index contributed by atoms with van der Waals surface area (Å²) in [5, 5.41) is 3.57. The first-order chi connectivity index (χ1) is 6.07. The number of hydrogen-bond acceptors (Lipinski definition) is 2. The molecule has 0 atom stereocenters. The third-order valence-corrected chi connectivity index (χ3v) is 2.62. The lowest BCUT2D eigenvalue weighted by atomic mass is 9.95. The molecule has 0 saturated carbocycles. The predicted octanol–water partition coefficient (Wildman–Crippen LogP) is 2.21. The van der Waals surface area contributed by atoms with Gasteiger partial charge in [-0.25, -0.2) is 0 Å². The fourth-order valence-electron chi connectivity index (χ4n) is 1.58. The Morgan fingerprint density at radius 3 is 2.23 bits per heavy atom. The van der Waals surface area contributed by atoms with Crippen LogP contribution in [0.4, 0.5) is 0 Å². The highest BCUT2D eigenvalue weighted by atomic mass is 15.1. The van der Waals surface area contributed by atoms with E-state index in [1.165, 1.54) is 22.3 Å². The lowest BCUT2D eigenvalue weighted by Gasteiger charge is -2.10. The molecule has 13 heavy (non-hydrogen) atoms. The smallest absolute Gasteiger partial charge is 0.0543 e. The van der Waals surface area contributed by atoms with E-state index < -0.39 is 0 Å². The van der Waals surface area contributed by atoms with Crippen molar-refractivity contribution >= 4 is 6.21 Å². The molecule has 0 spiro atoms. The highest BCUT2D eigenvalue weighted by Crippen LogP contribution is 2.19. The van der Waals surface area contributed by atoms with Crippen LogP contribution in [-0.2, 0) is 0 Å². The van der Waals surface area contributed by atoms with Gasteiger partial charge in [0.2, 0.25) is 0 Å². The number of nitrogens with two attached hydrogens (primary N) is 1. The number of hydrazone groups is 1. The van der Waals surface area contributed by atoms with Gasteiger partial charge in [0.1, 0.15) is 0 Å². The summed E-state index contributed by atoms with van der Waals surface area (Å²) in [7, 11) is 0. The van der Waals surface area contributed by atoms with Gasteiger partial charge in [0.25, 0.3) is 0 Å². The number of hydrogen-bond donors (Lipinski definition) is 1. The Balaban J connectivity index is 3.43. The molecule has 0 amide bonds. The predicted molar refractivity (Wildman–Crippen MR) is 57.2 cm³/mol. The molecule has 0 saturated heterocycles. The maximum Gasteiger partial charge on any atom is 0.0543 e. The zero-order chi connectivity index (χ0) is 10.0. The van der Waals surface area contributed by atoms with Crippen LogP contribution in [-0.4, -0.2) is 6.21 Å². The maximum atomic E-state index is 5.16. The third kappa shape index (κ3) is 1.72. The highest BCUT2D eigenvalue weighted by molar-refractivity contribution is 5.84. The average Bonchev–Trinajstić information content (AvgIpc) is 2.09. The van der Waals surface area contributed by atoms with Crippen LogP contribution in [0.1, 0.15) is 27.8 Å². The maximum absolute atomic E-state index is 5.16. The minimum absolute atomic E-state index is 1.14. The molecule has 0 aliphatic heterocycles. The van der Waals surface area contributed by atoms with Crippen LogP contribution in [0.25, 0.3) is 0 Å². The number of rotatable bonds is 1. The van der Waals surface area contributed by atoms with Crippen molar-refractivity contribution in [2.45, 2.75) is 27.7 Å². The fourth-order valence-corrected chi connectivity index (χ4v) is 1.58. The van der Waals surface area contributed by atoms with Crippen LogP contribution >= 0.6 is 0 Å². The van der Waals surface area contributed by atoms with Gasteiger partial charge in [-0.15, -0.1) is 0 Å². The van der Waals surface area contributed by atoms with Crippen molar-refractivity contribution < 1.29 is 0 Å². The summed E-state index contributed by atoms with van der Waals surface area (Å²) in [6.45, 7) is 8.43. The molecular weight excluding hydrogens is 160 g/mol. The molecule has 0 fully saturated rings.